The van der Waals surface area contributed by atoms with Gasteiger partial charge in [0.2, 0.25) is 5.91 Å². The molecule has 0 saturated carbocycles. The Balaban J connectivity index is 2.23. The molecule has 0 bridgehead atoms. The molecule has 1 unspecified atom stereocenters. The second-order valence-electron chi connectivity index (χ2n) is 6.95. The maximum absolute atomic E-state index is 13.2. The molecule has 1 atom stereocenters. The number of halogens is 2. The molecule has 0 aromatic heterocycles. The van der Waals surface area contributed by atoms with Crippen molar-refractivity contribution in [1.82, 2.24) is 10.2 Å². The van der Waals surface area contributed by atoms with Crippen LogP contribution >= 0.6 is 27.5 Å². The molecule has 6 nitrogen and oxygen atoms in total. The van der Waals surface area contributed by atoms with E-state index in [-0.39, 0.29) is 25.0 Å². The molecule has 2 amide bonds. The summed E-state index contributed by atoms with van der Waals surface area (Å²) in [6.45, 7) is 4.49. The molecule has 8 heteroatoms. The average molecular weight is 512 g/mol. The third-order valence-electron chi connectivity index (χ3n) is 4.67. The monoisotopic (exact) mass is 510 g/mol. The minimum absolute atomic E-state index is 0.173. The summed E-state index contributed by atoms with van der Waals surface area (Å²) in [5, 5.41) is 3.45. The Kier molecular flexibility index (Phi) is 10.1. The molecule has 2 aromatic carbocycles. The number of benzene rings is 2. The molecule has 2 rings (SSSR count). The van der Waals surface area contributed by atoms with Gasteiger partial charge in [0.15, 0.2) is 6.61 Å². The molecule has 0 aliphatic heterocycles. The quantitative estimate of drug-likeness (QED) is 0.469. The molecule has 2 aromatic rings. The molecule has 0 aliphatic carbocycles. The Bertz CT molecular complexity index is 894. The zero-order valence-electron chi connectivity index (χ0n) is 18.0. The van der Waals surface area contributed by atoms with Gasteiger partial charge in [0, 0.05) is 18.1 Å². The SMILES string of the molecule is CCCNC(=O)C(CC)N(Cc1cccc(OC)c1)C(=O)COc1ccc(Cl)cc1Br. The summed E-state index contributed by atoms with van der Waals surface area (Å²) in [4.78, 5) is 27.5. The number of hydrogen-bond acceptors (Lipinski definition) is 4. The largest absolute Gasteiger partial charge is 0.497 e. The molecule has 31 heavy (non-hydrogen) atoms. The first kappa shape index (κ1) is 25.0. The van der Waals surface area contributed by atoms with E-state index in [0.29, 0.717) is 34.0 Å². The fraction of sp³-hybridized carbons (Fsp3) is 0.391. The molecule has 168 valence electrons. The maximum atomic E-state index is 13.2. The summed E-state index contributed by atoms with van der Waals surface area (Å²) >= 11 is 9.35. The van der Waals surface area contributed by atoms with Crippen molar-refractivity contribution in [2.45, 2.75) is 39.3 Å². The predicted molar refractivity (Wildman–Crippen MR) is 126 cm³/mol. The fourth-order valence-corrected chi connectivity index (χ4v) is 3.86. The Labute approximate surface area is 197 Å². The number of hydrogen-bond donors (Lipinski definition) is 1. The van der Waals surface area contributed by atoms with Crippen LogP contribution in [0.15, 0.2) is 46.9 Å². The summed E-state index contributed by atoms with van der Waals surface area (Å²) < 4.78 is 11.7. The lowest BCUT2D eigenvalue weighted by atomic mass is 10.1. The van der Waals surface area contributed by atoms with Crippen LogP contribution in [0.5, 0.6) is 11.5 Å². The van der Waals surface area contributed by atoms with Gasteiger partial charge in [0.25, 0.3) is 5.91 Å². The molecule has 0 heterocycles. The Morgan fingerprint density at radius 2 is 1.97 bits per heavy atom. The summed E-state index contributed by atoms with van der Waals surface area (Å²) in [5.74, 6) is 0.730. The number of ether oxygens (including phenoxy) is 2. The Hall–Kier alpha value is -2.25. The van der Waals surface area contributed by atoms with E-state index in [1.807, 2.05) is 38.1 Å². The summed E-state index contributed by atoms with van der Waals surface area (Å²) in [6, 6.07) is 11.9. The van der Waals surface area contributed by atoms with Crippen molar-refractivity contribution in [3.8, 4) is 11.5 Å². The molecule has 0 radical (unpaired) electrons. The van der Waals surface area contributed by atoms with Crippen LogP contribution in [0, 0.1) is 0 Å². The molecular formula is C23H28BrClN2O4. The van der Waals surface area contributed by atoms with Gasteiger partial charge >= 0.3 is 0 Å². The van der Waals surface area contributed by atoms with Crippen molar-refractivity contribution in [3.05, 3.63) is 57.5 Å². The van der Waals surface area contributed by atoms with Crippen LogP contribution in [-0.2, 0) is 16.1 Å². The van der Waals surface area contributed by atoms with E-state index in [2.05, 4.69) is 21.2 Å². The number of carbonyl (C=O) groups excluding carboxylic acids is 2. The zero-order chi connectivity index (χ0) is 22.8. The van der Waals surface area contributed by atoms with Gasteiger partial charge in [0.05, 0.1) is 11.6 Å². The Morgan fingerprint density at radius 3 is 2.61 bits per heavy atom. The lowest BCUT2D eigenvalue weighted by Gasteiger charge is -2.30. The standard InChI is InChI=1S/C23H28BrClN2O4/c1-4-11-26-23(29)20(5-2)27(14-16-7-6-8-18(12-16)30-3)22(28)15-31-21-10-9-17(25)13-19(21)24/h6-10,12-13,20H,4-5,11,14-15H2,1-3H3,(H,26,29). The first-order valence-electron chi connectivity index (χ1n) is 10.2. The van der Waals surface area contributed by atoms with Crippen LogP contribution in [0.2, 0.25) is 5.02 Å². The smallest absolute Gasteiger partial charge is 0.261 e. The second-order valence-corrected chi connectivity index (χ2v) is 8.24. The minimum atomic E-state index is -0.609. The van der Waals surface area contributed by atoms with Gasteiger partial charge in [-0.25, -0.2) is 0 Å². The van der Waals surface area contributed by atoms with Crippen LogP contribution in [0.25, 0.3) is 0 Å². The van der Waals surface area contributed by atoms with Crippen molar-refractivity contribution in [2.24, 2.45) is 0 Å². The first-order valence-corrected chi connectivity index (χ1v) is 11.3. The molecule has 1 N–H and O–H groups in total. The highest BCUT2D eigenvalue weighted by molar-refractivity contribution is 9.10. The predicted octanol–water partition coefficient (Wildman–Crippen LogP) is 4.82. The number of carbonyl (C=O) groups is 2. The zero-order valence-corrected chi connectivity index (χ0v) is 20.3. The number of nitrogens with one attached hydrogen (secondary N) is 1. The average Bonchev–Trinajstić information content (AvgIpc) is 2.76. The van der Waals surface area contributed by atoms with Gasteiger partial charge in [-0.3, -0.25) is 9.59 Å². The third kappa shape index (κ3) is 7.43. The Morgan fingerprint density at radius 1 is 1.19 bits per heavy atom. The fourth-order valence-electron chi connectivity index (χ4n) is 3.07. The highest BCUT2D eigenvalue weighted by Gasteiger charge is 2.29. The molecule has 0 saturated heterocycles. The second kappa shape index (κ2) is 12.6. The lowest BCUT2D eigenvalue weighted by Crippen LogP contribution is -2.50. The van der Waals surface area contributed by atoms with Gasteiger partial charge in [-0.05, 0) is 64.7 Å². The van der Waals surface area contributed by atoms with Crippen LogP contribution < -0.4 is 14.8 Å². The lowest BCUT2D eigenvalue weighted by molar-refractivity contribution is -0.143. The van der Waals surface area contributed by atoms with E-state index < -0.39 is 6.04 Å². The van der Waals surface area contributed by atoms with E-state index in [9.17, 15) is 9.59 Å². The van der Waals surface area contributed by atoms with Crippen LogP contribution in [0.3, 0.4) is 0 Å². The highest BCUT2D eigenvalue weighted by atomic mass is 79.9. The van der Waals surface area contributed by atoms with Gasteiger partial charge in [-0.1, -0.05) is 37.6 Å². The highest BCUT2D eigenvalue weighted by Crippen LogP contribution is 2.28. The molecule has 0 fully saturated rings. The van der Waals surface area contributed by atoms with E-state index in [1.165, 1.54) is 0 Å². The van der Waals surface area contributed by atoms with Crippen molar-refractivity contribution in [1.29, 1.82) is 0 Å². The molecule has 0 spiro atoms. The van der Waals surface area contributed by atoms with Crippen LogP contribution in [-0.4, -0.2) is 43.0 Å². The van der Waals surface area contributed by atoms with Gasteiger partial charge in [0.1, 0.15) is 17.5 Å². The number of nitrogens with zero attached hydrogens (tertiary/aromatic N) is 1. The summed E-state index contributed by atoms with van der Waals surface area (Å²) in [7, 11) is 1.59. The first-order chi connectivity index (χ1) is 14.9. The van der Waals surface area contributed by atoms with Crippen molar-refractivity contribution >= 4 is 39.3 Å². The van der Waals surface area contributed by atoms with Gasteiger partial charge < -0.3 is 19.7 Å². The van der Waals surface area contributed by atoms with E-state index in [4.69, 9.17) is 21.1 Å². The minimum Gasteiger partial charge on any atom is -0.497 e. The van der Waals surface area contributed by atoms with Crippen molar-refractivity contribution in [3.63, 3.8) is 0 Å². The molecular weight excluding hydrogens is 484 g/mol. The topological polar surface area (TPSA) is 67.9 Å². The van der Waals surface area contributed by atoms with Gasteiger partial charge in [-0.15, -0.1) is 0 Å². The van der Waals surface area contributed by atoms with Crippen LogP contribution in [0.4, 0.5) is 0 Å². The summed E-state index contributed by atoms with van der Waals surface area (Å²) in [6.07, 6.45) is 1.30. The normalized spacial score (nSPS) is 11.5. The van der Waals surface area contributed by atoms with Crippen molar-refractivity contribution in [2.75, 3.05) is 20.3 Å². The summed E-state index contributed by atoms with van der Waals surface area (Å²) in [5.41, 5.74) is 0.863. The maximum Gasteiger partial charge on any atom is 0.261 e. The van der Waals surface area contributed by atoms with Crippen molar-refractivity contribution < 1.29 is 19.1 Å². The third-order valence-corrected chi connectivity index (χ3v) is 5.52. The van der Waals surface area contributed by atoms with Gasteiger partial charge in [-0.2, -0.15) is 0 Å². The van der Waals surface area contributed by atoms with Crippen LogP contribution in [0.1, 0.15) is 32.3 Å². The molecule has 0 aliphatic rings. The number of rotatable bonds is 11. The number of amides is 2. The van der Waals surface area contributed by atoms with E-state index in [1.54, 1.807) is 30.2 Å². The van der Waals surface area contributed by atoms with E-state index in [0.717, 1.165) is 12.0 Å². The number of methoxy groups -OCH3 is 1. The van der Waals surface area contributed by atoms with E-state index >= 15 is 0 Å².